The topological polar surface area (TPSA) is 15.3 Å². The number of rotatable bonds is 1. The Morgan fingerprint density at radius 3 is 2.45 bits per heavy atom. The van der Waals surface area contributed by atoms with Gasteiger partial charge in [-0.15, -0.1) is 0 Å². The summed E-state index contributed by atoms with van der Waals surface area (Å²) in [6.45, 7) is 3.76. The Kier molecular flexibility index (Phi) is 4.52. The van der Waals surface area contributed by atoms with Gasteiger partial charge in [-0.1, -0.05) is 19.1 Å². The lowest BCUT2D eigenvalue weighted by molar-refractivity contribution is -0.136. The van der Waals surface area contributed by atoms with E-state index in [1.807, 2.05) is 4.90 Å². The molecule has 6 heteroatoms. The van der Waals surface area contributed by atoms with E-state index in [2.05, 4.69) is 12.2 Å². The number of nitrogens with zero attached hydrogens (tertiary/aromatic N) is 1. The molecule has 0 atom stereocenters. The zero-order valence-corrected chi connectivity index (χ0v) is 12.0. The van der Waals surface area contributed by atoms with E-state index in [9.17, 15) is 13.2 Å². The SMILES string of the molecule is CC1CCN(C(=S)Nc2ccccc2C(F)(F)F)CC1. The van der Waals surface area contributed by atoms with Gasteiger partial charge in [0, 0.05) is 13.1 Å². The van der Waals surface area contributed by atoms with Crippen LogP contribution in [0.1, 0.15) is 25.3 Å². The first-order valence-corrected chi connectivity index (χ1v) is 7.01. The Balaban J connectivity index is 2.08. The highest BCUT2D eigenvalue weighted by atomic mass is 32.1. The van der Waals surface area contributed by atoms with Gasteiger partial charge in [0.15, 0.2) is 5.11 Å². The molecular weight excluding hydrogens is 285 g/mol. The van der Waals surface area contributed by atoms with Crippen LogP contribution in [0.4, 0.5) is 18.9 Å². The summed E-state index contributed by atoms with van der Waals surface area (Å²) in [6, 6.07) is 5.41. The molecule has 110 valence electrons. The molecule has 20 heavy (non-hydrogen) atoms. The van der Waals surface area contributed by atoms with E-state index in [1.54, 1.807) is 6.07 Å². The van der Waals surface area contributed by atoms with Crippen molar-refractivity contribution in [1.82, 2.24) is 4.90 Å². The fourth-order valence-electron chi connectivity index (χ4n) is 2.25. The number of anilines is 1. The summed E-state index contributed by atoms with van der Waals surface area (Å²) in [5.74, 6) is 0.650. The fraction of sp³-hybridized carbons (Fsp3) is 0.500. The molecule has 1 heterocycles. The van der Waals surface area contributed by atoms with Crippen LogP contribution < -0.4 is 5.32 Å². The van der Waals surface area contributed by atoms with Crippen LogP contribution in [-0.2, 0) is 6.18 Å². The third-order valence-corrected chi connectivity index (χ3v) is 3.91. The van der Waals surface area contributed by atoms with Crippen LogP contribution in [0, 0.1) is 5.92 Å². The highest BCUT2D eigenvalue weighted by Crippen LogP contribution is 2.34. The van der Waals surface area contributed by atoms with Crippen molar-refractivity contribution in [3.8, 4) is 0 Å². The van der Waals surface area contributed by atoms with Gasteiger partial charge >= 0.3 is 6.18 Å². The van der Waals surface area contributed by atoms with Crippen LogP contribution in [-0.4, -0.2) is 23.1 Å². The molecule has 0 aliphatic carbocycles. The molecule has 0 amide bonds. The quantitative estimate of drug-likeness (QED) is 0.785. The lowest BCUT2D eigenvalue weighted by atomic mass is 10.00. The average molecular weight is 302 g/mol. The van der Waals surface area contributed by atoms with Crippen molar-refractivity contribution in [2.45, 2.75) is 25.9 Å². The molecule has 0 unspecified atom stereocenters. The van der Waals surface area contributed by atoms with Crippen molar-refractivity contribution < 1.29 is 13.2 Å². The number of likely N-dealkylation sites (tertiary alicyclic amines) is 1. The third-order valence-electron chi connectivity index (χ3n) is 3.54. The molecule has 0 radical (unpaired) electrons. The second kappa shape index (κ2) is 5.99. The number of piperidine rings is 1. The highest BCUT2D eigenvalue weighted by Gasteiger charge is 2.33. The molecule has 0 spiro atoms. The van der Waals surface area contributed by atoms with Crippen molar-refractivity contribution >= 4 is 23.0 Å². The van der Waals surface area contributed by atoms with Crippen molar-refractivity contribution in [1.29, 1.82) is 0 Å². The number of thiocarbonyl (C=S) groups is 1. The van der Waals surface area contributed by atoms with E-state index in [-0.39, 0.29) is 5.69 Å². The van der Waals surface area contributed by atoms with Gasteiger partial charge in [0.1, 0.15) is 0 Å². The summed E-state index contributed by atoms with van der Waals surface area (Å²) >= 11 is 5.22. The summed E-state index contributed by atoms with van der Waals surface area (Å²) < 4.78 is 38.7. The maximum atomic E-state index is 12.9. The Morgan fingerprint density at radius 1 is 1.25 bits per heavy atom. The van der Waals surface area contributed by atoms with Crippen molar-refractivity contribution in [3.63, 3.8) is 0 Å². The van der Waals surface area contributed by atoms with Crippen LogP contribution in [0.25, 0.3) is 0 Å². The molecule has 0 saturated carbocycles. The standard InChI is InChI=1S/C14H17F3N2S/c1-10-6-8-19(9-7-10)13(20)18-12-5-3-2-4-11(12)14(15,16)17/h2-5,10H,6-9H2,1H3,(H,18,20). The van der Waals surface area contributed by atoms with E-state index < -0.39 is 11.7 Å². The zero-order valence-electron chi connectivity index (χ0n) is 11.2. The Hall–Kier alpha value is -1.30. The Labute approximate surface area is 122 Å². The molecule has 2 rings (SSSR count). The second-order valence-electron chi connectivity index (χ2n) is 5.14. The minimum absolute atomic E-state index is 0.0172. The summed E-state index contributed by atoms with van der Waals surface area (Å²) in [6.07, 6.45) is -2.35. The first-order chi connectivity index (χ1) is 9.38. The van der Waals surface area contributed by atoms with Gasteiger partial charge in [-0.2, -0.15) is 13.2 Å². The van der Waals surface area contributed by atoms with Crippen LogP contribution >= 0.6 is 12.2 Å². The molecule has 1 aliphatic heterocycles. The van der Waals surface area contributed by atoms with Crippen LogP contribution in [0.2, 0.25) is 0 Å². The van der Waals surface area contributed by atoms with Gasteiger partial charge in [0.05, 0.1) is 11.3 Å². The third kappa shape index (κ3) is 3.62. The number of para-hydroxylation sites is 1. The predicted octanol–water partition coefficient (Wildman–Crippen LogP) is 4.13. The molecule has 1 fully saturated rings. The van der Waals surface area contributed by atoms with Gasteiger partial charge in [-0.25, -0.2) is 0 Å². The van der Waals surface area contributed by atoms with Gasteiger partial charge < -0.3 is 10.2 Å². The smallest absolute Gasteiger partial charge is 0.349 e. The summed E-state index contributed by atoms with van der Waals surface area (Å²) in [5, 5.41) is 3.11. The molecule has 1 aliphatic rings. The second-order valence-corrected chi connectivity index (χ2v) is 5.53. The Morgan fingerprint density at radius 2 is 1.85 bits per heavy atom. The first kappa shape index (κ1) is 15.1. The lowest BCUT2D eigenvalue weighted by Gasteiger charge is -2.32. The molecule has 1 N–H and O–H groups in total. The molecular formula is C14H17F3N2S. The maximum Gasteiger partial charge on any atom is 0.418 e. The fourth-order valence-corrected chi connectivity index (χ4v) is 2.54. The normalized spacial score (nSPS) is 17.1. The van der Waals surface area contributed by atoms with E-state index in [1.165, 1.54) is 12.1 Å². The van der Waals surface area contributed by atoms with Crippen molar-refractivity contribution in [3.05, 3.63) is 29.8 Å². The number of alkyl halides is 3. The molecule has 0 aromatic heterocycles. The molecule has 1 aromatic rings. The van der Waals surface area contributed by atoms with E-state index in [4.69, 9.17) is 12.2 Å². The van der Waals surface area contributed by atoms with E-state index >= 15 is 0 Å². The zero-order chi connectivity index (χ0) is 14.8. The van der Waals surface area contributed by atoms with Gasteiger partial charge in [-0.05, 0) is 43.1 Å². The molecule has 1 aromatic carbocycles. The van der Waals surface area contributed by atoms with Crippen LogP contribution in [0.5, 0.6) is 0 Å². The average Bonchev–Trinajstić information content (AvgIpc) is 2.38. The maximum absolute atomic E-state index is 12.9. The molecule has 1 saturated heterocycles. The number of benzene rings is 1. The number of halogens is 3. The summed E-state index contributed by atoms with van der Waals surface area (Å²) in [5.41, 5.74) is -0.670. The van der Waals surface area contributed by atoms with E-state index in [0.717, 1.165) is 32.0 Å². The largest absolute Gasteiger partial charge is 0.418 e. The van der Waals surface area contributed by atoms with Crippen LogP contribution in [0.3, 0.4) is 0 Å². The van der Waals surface area contributed by atoms with Gasteiger partial charge in [-0.3, -0.25) is 0 Å². The summed E-state index contributed by atoms with van der Waals surface area (Å²) in [4.78, 5) is 1.93. The van der Waals surface area contributed by atoms with Crippen molar-refractivity contribution in [2.24, 2.45) is 5.92 Å². The highest BCUT2D eigenvalue weighted by molar-refractivity contribution is 7.80. The van der Waals surface area contributed by atoms with Gasteiger partial charge in [0.2, 0.25) is 0 Å². The van der Waals surface area contributed by atoms with Crippen LogP contribution in [0.15, 0.2) is 24.3 Å². The number of nitrogens with one attached hydrogen (secondary N) is 1. The number of hydrogen-bond acceptors (Lipinski definition) is 1. The molecule has 2 nitrogen and oxygen atoms in total. The van der Waals surface area contributed by atoms with Crippen molar-refractivity contribution in [2.75, 3.05) is 18.4 Å². The minimum Gasteiger partial charge on any atom is -0.349 e. The first-order valence-electron chi connectivity index (χ1n) is 6.60. The lowest BCUT2D eigenvalue weighted by Crippen LogP contribution is -2.40. The molecule has 0 bridgehead atoms. The predicted molar refractivity (Wildman–Crippen MR) is 77.6 cm³/mol. The van der Waals surface area contributed by atoms with E-state index in [0.29, 0.717) is 11.0 Å². The number of hydrogen-bond donors (Lipinski definition) is 1. The van der Waals surface area contributed by atoms with Gasteiger partial charge in [0.25, 0.3) is 0 Å². The Bertz CT molecular complexity index is 480. The monoisotopic (exact) mass is 302 g/mol. The summed E-state index contributed by atoms with van der Waals surface area (Å²) in [7, 11) is 0. The minimum atomic E-state index is -4.38.